The van der Waals surface area contributed by atoms with Crippen molar-refractivity contribution in [2.75, 3.05) is 17.7 Å². The summed E-state index contributed by atoms with van der Waals surface area (Å²) in [7, 11) is 1.58. The van der Waals surface area contributed by atoms with Crippen LogP contribution in [-0.4, -0.2) is 23.0 Å². The van der Waals surface area contributed by atoms with E-state index in [0.29, 0.717) is 22.9 Å². The van der Waals surface area contributed by atoms with Gasteiger partial charge in [-0.25, -0.2) is 4.98 Å². The Kier molecular flexibility index (Phi) is 7.33. The second kappa shape index (κ2) is 11.0. The number of amides is 1. The molecular formula is C29H29ClN4O2. The third kappa shape index (κ3) is 5.44. The smallest absolute Gasteiger partial charge is 0.224 e. The predicted octanol–water partition coefficient (Wildman–Crippen LogP) is 6.95. The largest absolute Gasteiger partial charge is 0.495 e. The molecule has 0 bridgehead atoms. The summed E-state index contributed by atoms with van der Waals surface area (Å²) in [5, 5.41) is 8.22. The average Bonchev–Trinajstić information content (AvgIpc) is 2.87. The van der Waals surface area contributed by atoms with Crippen LogP contribution in [0.4, 0.5) is 17.2 Å². The lowest BCUT2D eigenvalue weighted by Gasteiger charge is -2.24. The van der Waals surface area contributed by atoms with Crippen molar-refractivity contribution in [2.45, 2.75) is 38.5 Å². The number of fused-ring (bicyclic) bond motifs is 2. The molecule has 0 fully saturated rings. The van der Waals surface area contributed by atoms with Crippen LogP contribution in [0.3, 0.4) is 0 Å². The number of aromatic nitrogens is 2. The Morgan fingerprint density at radius 3 is 2.78 bits per heavy atom. The maximum atomic E-state index is 12.9. The lowest BCUT2D eigenvalue weighted by Crippen LogP contribution is -2.19. The minimum atomic E-state index is -0.0228. The van der Waals surface area contributed by atoms with Gasteiger partial charge in [-0.15, -0.1) is 0 Å². The molecule has 1 aliphatic carbocycles. The topological polar surface area (TPSA) is 76.1 Å². The van der Waals surface area contributed by atoms with Crippen LogP contribution in [0.1, 0.15) is 36.9 Å². The number of carbonyl (C=O) groups excluding carboxylic acids is 1. The second-order valence-electron chi connectivity index (χ2n) is 9.16. The van der Waals surface area contributed by atoms with Gasteiger partial charge >= 0.3 is 0 Å². The first-order valence-corrected chi connectivity index (χ1v) is 12.7. The molecule has 0 saturated heterocycles. The zero-order chi connectivity index (χ0) is 24.9. The first-order chi connectivity index (χ1) is 17.6. The molecule has 184 valence electrons. The summed E-state index contributed by atoms with van der Waals surface area (Å²) in [6.45, 7) is 0. The molecule has 2 N–H and O–H groups in total. The Morgan fingerprint density at radius 1 is 1.08 bits per heavy atom. The Balaban J connectivity index is 1.35. The van der Waals surface area contributed by atoms with E-state index in [4.69, 9.17) is 21.3 Å². The van der Waals surface area contributed by atoms with Gasteiger partial charge in [-0.3, -0.25) is 9.78 Å². The van der Waals surface area contributed by atoms with Crippen molar-refractivity contribution in [3.63, 3.8) is 0 Å². The van der Waals surface area contributed by atoms with Gasteiger partial charge in [-0.1, -0.05) is 35.9 Å². The highest BCUT2D eigenvalue weighted by Gasteiger charge is 2.22. The Hall–Kier alpha value is -3.64. The van der Waals surface area contributed by atoms with E-state index >= 15 is 0 Å². The van der Waals surface area contributed by atoms with Crippen LogP contribution in [0.15, 0.2) is 66.9 Å². The SMILES string of the molecule is COc1ccc(Cl)cc1NC(=O)CC1CCCc2c(nc3ccccc3c2Nc2ccccn2)CC1. The maximum absolute atomic E-state index is 12.9. The third-order valence-corrected chi connectivity index (χ3v) is 6.97. The summed E-state index contributed by atoms with van der Waals surface area (Å²) in [6.07, 6.45) is 6.86. The van der Waals surface area contributed by atoms with Gasteiger partial charge < -0.3 is 15.4 Å². The molecular weight excluding hydrogens is 472 g/mol. The van der Waals surface area contributed by atoms with E-state index in [0.717, 1.165) is 60.2 Å². The molecule has 36 heavy (non-hydrogen) atoms. The highest BCUT2D eigenvalue weighted by molar-refractivity contribution is 6.31. The monoisotopic (exact) mass is 500 g/mol. The number of benzene rings is 2. The van der Waals surface area contributed by atoms with Gasteiger partial charge in [0.05, 0.1) is 24.0 Å². The Morgan fingerprint density at radius 2 is 1.94 bits per heavy atom. The van der Waals surface area contributed by atoms with Crippen LogP contribution in [0.2, 0.25) is 5.02 Å². The number of para-hydroxylation sites is 1. The molecule has 4 aromatic rings. The molecule has 2 aromatic carbocycles. The highest BCUT2D eigenvalue weighted by Crippen LogP contribution is 2.36. The van der Waals surface area contributed by atoms with Gasteiger partial charge in [0.1, 0.15) is 11.6 Å². The zero-order valence-corrected chi connectivity index (χ0v) is 21.0. The van der Waals surface area contributed by atoms with Crippen molar-refractivity contribution >= 4 is 45.6 Å². The number of methoxy groups -OCH3 is 1. The number of carbonyl (C=O) groups is 1. The van der Waals surface area contributed by atoms with Crippen molar-refractivity contribution in [1.29, 1.82) is 0 Å². The fourth-order valence-corrected chi connectivity index (χ4v) is 5.16. The van der Waals surface area contributed by atoms with Crippen LogP contribution < -0.4 is 15.4 Å². The van der Waals surface area contributed by atoms with Crippen molar-refractivity contribution in [2.24, 2.45) is 5.92 Å². The number of nitrogens with zero attached hydrogens (tertiary/aromatic N) is 2. The van der Waals surface area contributed by atoms with E-state index in [-0.39, 0.29) is 11.8 Å². The predicted molar refractivity (Wildman–Crippen MR) is 145 cm³/mol. The van der Waals surface area contributed by atoms with E-state index in [1.807, 2.05) is 30.3 Å². The Bertz CT molecular complexity index is 1380. The number of nitrogens with one attached hydrogen (secondary N) is 2. The number of rotatable bonds is 6. The van der Waals surface area contributed by atoms with Crippen LogP contribution in [-0.2, 0) is 17.6 Å². The van der Waals surface area contributed by atoms with Gasteiger partial charge in [0.25, 0.3) is 0 Å². The highest BCUT2D eigenvalue weighted by atomic mass is 35.5. The lowest BCUT2D eigenvalue weighted by atomic mass is 9.86. The fraction of sp³-hybridized carbons (Fsp3) is 0.276. The number of hydrogen-bond acceptors (Lipinski definition) is 5. The summed E-state index contributed by atoms with van der Waals surface area (Å²) >= 11 is 6.12. The molecule has 1 amide bonds. The molecule has 1 atom stereocenters. The standard InChI is InChI=1S/C29H29ClN4O2/c1-36-26-15-13-20(30)18-25(26)33-28(35)17-19-7-6-9-22-24(14-12-19)32-23-10-3-2-8-21(23)29(22)34-27-11-4-5-16-31-27/h2-5,8,10-11,13,15-16,18-19H,6-7,9,12,14,17H2,1H3,(H,33,35)(H,31,32,34). The van der Waals surface area contributed by atoms with Crippen LogP contribution in [0, 0.1) is 5.92 Å². The number of aryl methyl sites for hydroxylation is 1. The van der Waals surface area contributed by atoms with Gasteiger partial charge in [-0.05, 0) is 80.0 Å². The van der Waals surface area contributed by atoms with Gasteiger partial charge in [0, 0.05) is 28.7 Å². The van der Waals surface area contributed by atoms with Crippen molar-refractivity contribution in [1.82, 2.24) is 9.97 Å². The molecule has 0 aliphatic heterocycles. The number of hydrogen-bond donors (Lipinski definition) is 2. The van der Waals surface area contributed by atoms with E-state index in [9.17, 15) is 4.79 Å². The molecule has 5 rings (SSSR count). The quantitative estimate of drug-likeness (QED) is 0.299. The van der Waals surface area contributed by atoms with Crippen molar-refractivity contribution in [3.8, 4) is 5.75 Å². The molecule has 0 saturated carbocycles. The van der Waals surface area contributed by atoms with E-state index in [2.05, 4.69) is 27.8 Å². The summed E-state index contributed by atoms with van der Waals surface area (Å²) in [5.74, 6) is 1.68. The fourth-order valence-electron chi connectivity index (χ4n) is 4.98. The number of halogens is 1. The maximum Gasteiger partial charge on any atom is 0.224 e. The van der Waals surface area contributed by atoms with Crippen molar-refractivity contribution < 1.29 is 9.53 Å². The Labute approximate surface area is 216 Å². The summed E-state index contributed by atoms with van der Waals surface area (Å²) in [6, 6.07) is 19.3. The first-order valence-electron chi connectivity index (χ1n) is 12.3. The molecule has 1 unspecified atom stereocenters. The van der Waals surface area contributed by atoms with Gasteiger partial charge in [0.15, 0.2) is 0 Å². The molecule has 1 aliphatic rings. The summed E-state index contributed by atoms with van der Waals surface area (Å²) in [5.41, 5.74) is 5.03. The molecule has 0 spiro atoms. The lowest BCUT2D eigenvalue weighted by molar-refractivity contribution is -0.117. The van der Waals surface area contributed by atoms with Crippen LogP contribution in [0.25, 0.3) is 10.9 Å². The molecule has 7 heteroatoms. The van der Waals surface area contributed by atoms with Gasteiger partial charge in [-0.2, -0.15) is 0 Å². The number of anilines is 3. The summed E-state index contributed by atoms with van der Waals surface area (Å²) in [4.78, 5) is 22.4. The molecule has 0 radical (unpaired) electrons. The second-order valence-corrected chi connectivity index (χ2v) is 9.60. The van der Waals surface area contributed by atoms with E-state index in [1.54, 1.807) is 31.5 Å². The molecule has 2 aromatic heterocycles. The van der Waals surface area contributed by atoms with E-state index < -0.39 is 0 Å². The minimum absolute atomic E-state index is 0.0228. The molecule has 6 nitrogen and oxygen atoms in total. The zero-order valence-electron chi connectivity index (χ0n) is 20.3. The number of pyridine rings is 2. The first kappa shape index (κ1) is 24.1. The minimum Gasteiger partial charge on any atom is -0.495 e. The normalized spacial score (nSPS) is 15.4. The third-order valence-electron chi connectivity index (χ3n) is 6.74. The van der Waals surface area contributed by atoms with Crippen LogP contribution in [0.5, 0.6) is 5.75 Å². The van der Waals surface area contributed by atoms with Crippen LogP contribution >= 0.6 is 11.6 Å². The molecule has 2 heterocycles. The van der Waals surface area contributed by atoms with Gasteiger partial charge in [0.2, 0.25) is 5.91 Å². The van der Waals surface area contributed by atoms with E-state index in [1.165, 1.54) is 5.56 Å². The summed E-state index contributed by atoms with van der Waals surface area (Å²) < 4.78 is 5.36. The number of ether oxygens (including phenoxy) is 1. The van der Waals surface area contributed by atoms with Crippen molar-refractivity contribution in [3.05, 3.63) is 83.1 Å². The average molecular weight is 501 g/mol.